The predicted octanol–water partition coefficient (Wildman–Crippen LogP) is 1.01. The molecule has 2 aliphatic heterocycles. The van der Waals surface area contributed by atoms with Gasteiger partial charge in [-0.1, -0.05) is 0 Å². The molecule has 2 aliphatic rings. The number of rotatable bonds is 4. The molecule has 0 aromatic carbocycles. The molecule has 0 bridgehead atoms. The summed E-state index contributed by atoms with van der Waals surface area (Å²) in [6.45, 7) is 6.45. The normalized spacial score (nSPS) is 28.5. The largest absolute Gasteiger partial charge is 0.307 e. The molecule has 5 nitrogen and oxygen atoms in total. The van der Waals surface area contributed by atoms with E-state index in [1.807, 2.05) is 4.68 Å². The highest BCUT2D eigenvalue weighted by Crippen LogP contribution is 2.26. The molecule has 0 radical (unpaired) electrons. The fourth-order valence-electron chi connectivity index (χ4n) is 3.33. The Balaban J connectivity index is 1.51. The summed E-state index contributed by atoms with van der Waals surface area (Å²) in [4.78, 5) is 6.98. The highest BCUT2D eigenvalue weighted by molar-refractivity contribution is 4.91. The average Bonchev–Trinajstić information content (AvgIpc) is 3.04. The van der Waals surface area contributed by atoms with Crippen LogP contribution < -0.4 is 5.32 Å². The molecule has 1 aromatic heterocycles. The minimum Gasteiger partial charge on any atom is -0.307 e. The zero-order valence-electron chi connectivity index (χ0n) is 11.2. The van der Waals surface area contributed by atoms with Crippen molar-refractivity contribution in [1.29, 1.82) is 0 Å². The number of nitrogens with one attached hydrogen (secondary N) is 1. The summed E-state index contributed by atoms with van der Waals surface area (Å²) < 4.78 is 1.97. The molecule has 0 aliphatic carbocycles. The van der Waals surface area contributed by atoms with Crippen molar-refractivity contribution < 1.29 is 0 Å². The van der Waals surface area contributed by atoms with Gasteiger partial charge in [-0.2, -0.15) is 5.10 Å². The third-order valence-electron chi connectivity index (χ3n) is 4.36. The van der Waals surface area contributed by atoms with E-state index in [2.05, 4.69) is 27.2 Å². The molecule has 0 amide bonds. The van der Waals surface area contributed by atoms with Gasteiger partial charge in [0, 0.05) is 18.6 Å². The highest BCUT2D eigenvalue weighted by atomic mass is 15.3. The molecule has 2 fully saturated rings. The summed E-state index contributed by atoms with van der Waals surface area (Å²) in [6.07, 6.45) is 7.02. The van der Waals surface area contributed by atoms with Gasteiger partial charge in [0.1, 0.15) is 12.2 Å². The van der Waals surface area contributed by atoms with Crippen LogP contribution in [0.2, 0.25) is 0 Å². The smallest absolute Gasteiger partial charge is 0.140 e. The van der Waals surface area contributed by atoms with Crippen LogP contribution in [0.15, 0.2) is 6.33 Å². The van der Waals surface area contributed by atoms with Crippen LogP contribution in [0.3, 0.4) is 0 Å². The van der Waals surface area contributed by atoms with Crippen LogP contribution in [0.5, 0.6) is 0 Å². The quantitative estimate of drug-likeness (QED) is 0.865. The van der Waals surface area contributed by atoms with Gasteiger partial charge >= 0.3 is 0 Å². The van der Waals surface area contributed by atoms with Crippen molar-refractivity contribution in [2.24, 2.45) is 0 Å². The summed E-state index contributed by atoms with van der Waals surface area (Å²) in [6, 6.07) is 1.49. The molecular weight excluding hydrogens is 226 g/mol. The summed E-state index contributed by atoms with van der Waals surface area (Å²) in [7, 11) is 0. The van der Waals surface area contributed by atoms with E-state index in [0.717, 1.165) is 25.0 Å². The minimum atomic E-state index is 0.659. The highest BCUT2D eigenvalue weighted by Gasteiger charge is 2.31. The molecule has 2 saturated heterocycles. The molecule has 5 heteroatoms. The van der Waals surface area contributed by atoms with E-state index in [-0.39, 0.29) is 0 Å². The fraction of sp³-hybridized carbons (Fsp3) is 0.846. The van der Waals surface area contributed by atoms with Crippen LogP contribution in [0.4, 0.5) is 0 Å². The van der Waals surface area contributed by atoms with Crippen molar-refractivity contribution >= 4 is 0 Å². The first-order chi connectivity index (χ1) is 8.86. The van der Waals surface area contributed by atoms with Gasteiger partial charge in [-0.05, 0) is 45.7 Å². The topological polar surface area (TPSA) is 46.0 Å². The zero-order chi connectivity index (χ0) is 12.4. The first-order valence-electron chi connectivity index (χ1n) is 7.21. The van der Waals surface area contributed by atoms with Crippen LogP contribution in [0.1, 0.15) is 38.4 Å². The lowest BCUT2D eigenvalue weighted by Gasteiger charge is -2.35. The van der Waals surface area contributed by atoms with Crippen LogP contribution >= 0.6 is 0 Å². The minimum absolute atomic E-state index is 0.659. The molecule has 100 valence electrons. The van der Waals surface area contributed by atoms with Crippen LogP contribution in [-0.4, -0.2) is 44.8 Å². The second-order valence-corrected chi connectivity index (χ2v) is 5.43. The van der Waals surface area contributed by atoms with Gasteiger partial charge < -0.3 is 10.2 Å². The SMILES string of the molecule is CCn1ncnc1CNC1CCN2CCCC2C1. The number of piperidine rings is 1. The number of nitrogens with zero attached hydrogens (tertiary/aromatic N) is 4. The third-order valence-corrected chi connectivity index (χ3v) is 4.36. The molecule has 0 spiro atoms. The lowest BCUT2D eigenvalue weighted by Crippen LogP contribution is -2.45. The van der Waals surface area contributed by atoms with E-state index in [4.69, 9.17) is 0 Å². The summed E-state index contributed by atoms with van der Waals surface area (Å²) in [5.74, 6) is 1.06. The first-order valence-corrected chi connectivity index (χ1v) is 7.21. The van der Waals surface area contributed by atoms with Gasteiger partial charge in [0.05, 0.1) is 6.54 Å². The molecule has 1 aromatic rings. The van der Waals surface area contributed by atoms with E-state index < -0.39 is 0 Å². The van der Waals surface area contributed by atoms with Crippen molar-refractivity contribution in [3.63, 3.8) is 0 Å². The van der Waals surface area contributed by atoms with Crippen molar-refractivity contribution in [2.45, 2.75) is 57.8 Å². The van der Waals surface area contributed by atoms with Gasteiger partial charge in [0.2, 0.25) is 0 Å². The molecule has 2 atom stereocenters. The lowest BCUT2D eigenvalue weighted by atomic mass is 9.97. The molecule has 2 unspecified atom stereocenters. The standard InChI is InChI=1S/C13H23N5/c1-2-18-13(15-10-16-18)9-14-11-5-7-17-6-3-4-12(17)8-11/h10-12,14H,2-9H2,1H3. The average molecular weight is 249 g/mol. The third kappa shape index (κ3) is 2.42. The van der Waals surface area contributed by atoms with Crippen LogP contribution in [0.25, 0.3) is 0 Å². The second kappa shape index (κ2) is 5.36. The van der Waals surface area contributed by atoms with Crippen LogP contribution in [-0.2, 0) is 13.1 Å². The molecule has 3 heterocycles. The Bertz CT molecular complexity index is 388. The Morgan fingerprint density at radius 1 is 1.39 bits per heavy atom. The van der Waals surface area contributed by atoms with Gasteiger partial charge in [0.25, 0.3) is 0 Å². The summed E-state index contributed by atoms with van der Waals surface area (Å²) in [5.41, 5.74) is 0. The van der Waals surface area contributed by atoms with E-state index >= 15 is 0 Å². The van der Waals surface area contributed by atoms with E-state index in [1.54, 1.807) is 6.33 Å². The molecule has 3 rings (SSSR count). The van der Waals surface area contributed by atoms with Crippen molar-refractivity contribution in [2.75, 3.05) is 13.1 Å². The number of aromatic nitrogens is 3. The fourth-order valence-corrected chi connectivity index (χ4v) is 3.33. The Labute approximate surface area is 109 Å². The van der Waals surface area contributed by atoms with E-state index in [0.29, 0.717) is 6.04 Å². The summed E-state index contributed by atoms with van der Waals surface area (Å²) in [5, 5.41) is 7.87. The molecular formula is C13H23N5. The van der Waals surface area contributed by atoms with Gasteiger partial charge in [-0.3, -0.25) is 0 Å². The monoisotopic (exact) mass is 249 g/mol. The Hall–Kier alpha value is -0.940. The van der Waals surface area contributed by atoms with Gasteiger partial charge in [0.15, 0.2) is 0 Å². The molecule has 18 heavy (non-hydrogen) atoms. The summed E-state index contributed by atoms with van der Waals surface area (Å²) >= 11 is 0. The maximum atomic E-state index is 4.32. The van der Waals surface area contributed by atoms with Gasteiger partial charge in [-0.25, -0.2) is 9.67 Å². The van der Waals surface area contributed by atoms with E-state index in [9.17, 15) is 0 Å². The van der Waals surface area contributed by atoms with Crippen molar-refractivity contribution in [1.82, 2.24) is 25.0 Å². The maximum Gasteiger partial charge on any atom is 0.140 e. The van der Waals surface area contributed by atoms with E-state index in [1.165, 1.54) is 38.8 Å². The molecule has 1 N–H and O–H groups in total. The van der Waals surface area contributed by atoms with Crippen LogP contribution in [0, 0.1) is 0 Å². The Morgan fingerprint density at radius 2 is 2.33 bits per heavy atom. The Morgan fingerprint density at radius 3 is 3.22 bits per heavy atom. The van der Waals surface area contributed by atoms with Gasteiger partial charge in [-0.15, -0.1) is 0 Å². The maximum absolute atomic E-state index is 4.32. The first kappa shape index (κ1) is 12.1. The second-order valence-electron chi connectivity index (χ2n) is 5.43. The predicted molar refractivity (Wildman–Crippen MR) is 70.2 cm³/mol. The molecule has 0 saturated carbocycles. The number of hydrogen-bond acceptors (Lipinski definition) is 4. The lowest BCUT2D eigenvalue weighted by molar-refractivity contribution is 0.166. The number of aryl methyl sites for hydroxylation is 1. The Kier molecular flexibility index (Phi) is 3.61. The zero-order valence-corrected chi connectivity index (χ0v) is 11.2. The number of fused-ring (bicyclic) bond motifs is 1. The number of hydrogen-bond donors (Lipinski definition) is 1. The van der Waals surface area contributed by atoms with Crippen molar-refractivity contribution in [3.05, 3.63) is 12.2 Å². The van der Waals surface area contributed by atoms with Crippen molar-refractivity contribution in [3.8, 4) is 0 Å².